The first kappa shape index (κ1) is 13.3. The summed E-state index contributed by atoms with van der Waals surface area (Å²) in [6, 6.07) is 5.09. The van der Waals surface area contributed by atoms with E-state index in [2.05, 4.69) is 19.7 Å². The van der Waals surface area contributed by atoms with Crippen LogP contribution in [-0.4, -0.2) is 23.4 Å². The van der Waals surface area contributed by atoms with E-state index in [1.807, 2.05) is 6.92 Å². The minimum absolute atomic E-state index is 0.0726. The quantitative estimate of drug-likeness (QED) is 0.773. The number of rotatable bonds is 3. The van der Waals surface area contributed by atoms with Gasteiger partial charge in [-0.3, -0.25) is 4.72 Å². The molecule has 2 heterocycles. The smallest absolute Gasteiger partial charge is 0.273 e. The maximum atomic E-state index is 12.1. The number of hydrogen-bond donors (Lipinski definition) is 2. The summed E-state index contributed by atoms with van der Waals surface area (Å²) in [6.07, 6.45) is 1.23. The van der Waals surface area contributed by atoms with E-state index < -0.39 is 10.0 Å². The van der Waals surface area contributed by atoms with Crippen LogP contribution in [0.4, 0.5) is 5.69 Å². The van der Waals surface area contributed by atoms with Crippen LogP contribution in [0.2, 0.25) is 4.47 Å². The number of H-pyrrole nitrogens is 1. The molecule has 3 rings (SSSR count). The third-order valence-electron chi connectivity index (χ3n) is 2.57. The highest BCUT2D eigenvalue weighted by Crippen LogP contribution is 2.25. The molecule has 0 amide bonds. The van der Waals surface area contributed by atoms with Crippen LogP contribution in [0.15, 0.2) is 28.6 Å². The first-order valence-electron chi connectivity index (χ1n) is 5.54. The number of thiazole rings is 1. The Morgan fingerprint density at radius 1 is 1.40 bits per heavy atom. The minimum Gasteiger partial charge on any atom is -0.342 e. The average molecular weight is 329 g/mol. The van der Waals surface area contributed by atoms with E-state index in [1.54, 1.807) is 18.2 Å². The van der Waals surface area contributed by atoms with Crippen LogP contribution in [0.5, 0.6) is 0 Å². The van der Waals surface area contributed by atoms with Gasteiger partial charge >= 0.3 is 0 Å². The van der Waals surface area contributed by atoms with Crippen molar-refractivity contribution in [2.75, 3.05) is 4.72 Å². The van der Waals surface area contributed by atoms with Gasteiger partial charge in [0.1, 0.15) is 5.82 Å². The van der Waals surface area contributed by atoms with Crippen LogP contribution in [0.3, 0.4) is 0 Å². The molecule has 0 radical (unpaired) electrons. The van der Waals surface area contributed by atoms with E-state index in [9.17, 15) is 8.42 Å². The van der Waals surface area contributed by atoms with Gasteiger partial charge in [-0.25, -0.2) is 18.4 Å². The SMILES string of the molecule is Cc1nc2ccc(NS(=O)(=O)c3cnc(Cl)s3)cc2[nH]1. The molecule has 0 aliphatic carbocycles. The normalized spacial score (nSPS) is 11.9. The number of aryl methyl sites for hydroxylation is 1. The van der Waals surface area contributed by atoms with Crippen molar-refractivity contribution in [3.05, 3.63) is 34.7 Å². The molecule has 0 atom stereocenters. The summed E-state index contributed by atoms with van der Waals surface area (Å²) < 4.78 is 27.0. The lowest BCUT2D eigenvalue weighted by atomic mass is 10.3. The van der Waals surface area contributed by atoms with Crippen molar-refractivity contribution in [2.45, 2.75) is 11.1 Å². The molecule has 6 nitrogen and oxygen atoms in total. The second-order valence-electron chi connectivity index (χ2n) is 4.09. The van der Waals surface area contributed by atoms with Crippen molar-refractivity contribution in [3.8, 4) is 0 Å². The van der Waals surface area contributed by atoms with Crippen LogP contribution in [-0.2, 0) is 10.0 Å². The van der Waals surface area contributed by atoms with Crippen LogP contribution < -0.4 is 4.72 Å². The Balaban J connectivity index is 1.96. The van der Waals surface area contributed by atoms with Gasteiger partial charge in [0.05, 0.1) is 22.9 Å². The second kappa shape index (κ2) is 4.72. The molecule has 1 aromatic carbocycles. The number of benzene rings is 1. The molecule has 0 bridgehead atoms. The molecule has 104 valence electrons. The zero-order valence-corrected chi connectivity index (χ0v) is 12.6. The van der Waals surface area contributed by atoms with Gasteiger partial charge in [-0.05, 0) is 25.1 Å². The molecule has 0 saturated carbocycles. The van der Waals surface area contributed by atoms with Gasteiger partial charge in [0.15, 0.2) is 8.68 Å². The van der Waals surface area contributed by atoms with E-state index >= 15 is 0 Å². The number of nitrogens with one attached hydrogen (secondary N) is 2. The van der Waals surface area contributed by atoms with E-state index in [4.69, 9.17) is 11.6 Å². The van der Waals surface area contributed by atoms with Gasteiger partial charge in [0.25, 0.3) is 10.0 Å². The standard InChI is InChI=1S/C11H9ClN4O2S2/c1-6-14-8-3-2-7(4-9(8)15-6)16-20(17,18)10-5-13-11(12)19-10/h2-5,16H,1H3,(H,14,15). The van der Waals surface area contributed by atoms with Gasteiger partial charge in [-0.15, -0.1) is 0 Å². The zero-order chi connectivity index (χ0) is 14.3. The summed E-state index contributed by atoms with van der Waals surface area (Å²) in [7, 11) is -3.67. The van der Waals surface area contributed by atoms with E-state index in [1.165, 1.54) is 6.20 Å². The Morgan fingerprint density at radius 3 is 2.90 bits per heavy atom. The first-order valence-corrected chi connectivity index (χ1v) is 8.22. The summed E-state index contributed by atoms with van der Waals surface area (Å²) in [6.45, 7) is 1.84. The van der Waals surface area contributed by atoms with Crippen LogP contribution in [0.1, 0.15) is 5.82 Å². The van der Waals surface area contributed by atoms with Gasteiger partial charge in [-0.2, -0.15) is 0 Å². The monoisotopic (exact) mass is 328 g/mol. The number of fused-ring (bicyclic) bond motifs is 1. The molecule has 0 unspecified atom stereocenters. The average Bonchev–Trinajstić information content (AvgIpc) is 2.93. The lowest BCUT2D eigenvalue weighted by Crippen LogP contribution is -2.11. The molecule has 2 aromatic heterocycles. The van der Waals surface area contributed by atoms with Crippen molar-refractivity contribution in [1.82, 2.24) is 15.0 Å². The maximum Gasteiger partial charge on any atom is 0.273 e. The summed E-state index contributed by atoms with van der Waals surface area (Å²) in [5.41, 5.74) is 2.00. The van der Waals surface area contributed by atoms with Gasteiger partial charge in [0.2, 0.25) is 0 Å². The van der Waals surface area contributed by atoms with E-state index in [-0.39, 0.29) is 8.68 Å². The molecule has 3 aromatic rings. The number of sulfonamides is 1. The molecule has 0 saturated heterocycles. The summed E-state index contributed by atoms with van der Waals surface area (Å²) in [5, 5.41) is 0. The topological polar surface area (TPSA) is 87.7 Å². The maximum absolute atomic E-state index is 12.1. The van der Waals surface area contributed by atoms with Gasteiger partial charge in [0, 0.05) is 0 Å². The highest BCUT2D eigenvalue weighted by molar-refractivity contribution is 7.94. The fourth-order valence-corrected chi connectivity index (χ4v) is 4.11. The third-order valence-corrected chi connectivity index (χ3v) is 5.53. The second-order valence-corrected chi connectivity index (χ2v) is 7.61. The molecule has 9 heteroatoms. The zero-order valence-electron chi connectivity index (χ0n) is 10.2. The predicted molar refractivity (Wildman–Crippen MR) is 78.8 cm³/mol. The summed E-state index contributed by atoms with van der Waals surface area (Å²) in [4.78, 5) is 11.0. The highest BCUT2D eigenvalue weighted by atomic mass is 35.5. The number of nitrogens with zero attached hydrogens (tertiary/aromatic N) is 2. The molecule has 0 fully saturated rings. The minimum atomic E-state index is -3.67. The summed E-state index contributed by atoms with van der Waals surface area (Å²) in [5.74, 6) is 0.772. The van der Waals surface area contributed by atoms with Crippen LogP contribution in [0, 0.1) is 6.92 Å². The number of hydrogen-bond acceptors (Lipinski definition) is 5. The van der Waals surface area contributed by atoms with Crippen LogP contribution in [0.25, 0.3) is 11.0 Å². The molecule has 0 spiro atoms. The first-order chi connectivity index (χ1) is 9.44. The summed E-state index contributed by atoms with van der Waals surface area (Å²) >= 11 is 6.56. The van der Waals surface area contributed by atoms with Crippen molar-refractivity contribution >= 4 is 49.7 Å². The number of anilines is 1. The van der Waals surface area contributed by atoms with Crippen molar-refractivity contribution < 1.29 is 8.42 Å². The third kappa shape index (κ3) is 2.49. The van der Waals surface area contributed by atoms with E-state index in [0.29, 0.717) is 5.69 Å². The lowest BCUT2D eigenvalue weighted by Gasteiger charge is -2.05. The molecule has 0 aliphatic rings. The molecule has 2 N–H and O–H groups in total. The largest absolute Gasteiger partial charge is 0.342 e. The molecule has 0 aliphatic heterocycles. The van der Waals surface area contributed by atoms with Crippen molar-refractivity contribution in [3.63, 3.8) is 0 Å². The van der Waals surface area contributed by atoms with Gasteiger partial charge in [-0.1, -0.05) is 22.9 Å². The van der Waals surface area contributed by atoms with Gasteiger partial charge < -0.3 is 4.98 Å². The Kier molecular flexibility index (Phi) is 3.15. The Hall–Kier alpha value is -1.64. The van der Waals surface area contributed by atoms with Crippen molar-refractivity contribution in [2.24, 2.45) is 0 Å². The molecular weight excluding hydrogens is 320 g/mol. The Morgan fingerprint density at radius 2 is 2.20 bits per heavy atom. The Labute approximate surface area is 123 Å². The molecule has 20 heavy (non-hydrogen) atoms. The fraction of sp³-hybridized carbons (Fsp3) is 0.0909. The lowest BCUT2D eigenvalue weighted by molar-refractivity contribution is 0.603. The Bertz CT molecular complexity index is 885. The number of aromatic amines is 1. The van der Waals surface area contributed by atoms with Crippen molar-refractivity contribution in [1.29, 1.82) is 0 Å². The molecular formula is C11H9ClN4O2S2. The number of aromatic nitrogens is 3. The highest BCUT2D eigenvalue weighted by Gasteiger charge is 2.18. The predicted octanol–water partition coefficient (Wildman–Crippen LogP) is 2.78. The van der Waals surface area contributed by atoms with E-state index in [0.717, 1.165) is 28.2 Å². The van der Waals surface area contributed by atoms with Crippen LogP contribution >= 0.6 is 22.9 Å². The number of imidazole rings is 1. The number of halogens is 1. The fourth-order valence-electron chi connectivity index (χ4n) is 1.77.